The third-order valence-corrected chi connectivity index (χ3v) is 6.52. The van der Waals surface area contributed by atoms with Gasteiger partial charge in [0.2, 0.25) is 0 Å². The molecule has 1 aliphatic carbocycles. The number of imidazole rings is 2. The maximum absolute atomic E-state index is 13.3. The highest BCUT2D eigenvalue weighted by molar-refractivity contribution is 5.92. The zero-order chi connectivity index (χ0) is 23.9. The van der Waals surface area contributed by atoms with E-state index in [2.05, 4.69) is 24.6 Å². The Kier molecular flexibility index (Phi) is 5.80. The molecule has 2 aromatic heterocycles. The number of piperidine rings is 1. The molecule has 1 saturated heterocycles. The van der Waals surface area contributed by atoms with Gasteiger partial charge in [-0.25, -0.2) is 9.97 Å². The molecule has 1 aliphatic heterocycles. The predicted molar refractivity (Wildman–Crippen MR) is 115 cm³/mol. The zero-order valence-corrected chi connectivity index (χ0v) is 18.6. The quantitative estimate of drug-likeness (QED) is 0.543. The van der Waals surface area contributed by atoms with Crippen molar-refractivity contribution in [1.29, 1.82) is 0 Å². The smallest absolute Gasteiger partial charge is 0.406 e. The Morgan fingerprint density at radius 3 is 2.71 bits per heavy atom. The number of likely N-dealkylation sites (tertiary alicyclic amines) is 1. The van der Waals surface area contributed by atoms with Gasteiger partial charge in [-0.15, -0.1) is 13.2 Å². The van der Waals surface area contributed by atoms with Crippen molar-refractivity contribution in [1.82, 2.24) is 29.3 Å². The van der Waals surface area contributed by atoms with Crippen LogP contribution in [0.5, 0.6) is 5.75 Å². The Bertz CT molecular complexity index is 1130. The van der Waals surface area contributed by atoms with Crippen LogP contribution < -0.4 is 4.74 Å². The summed E-state index contributed by atoms with van der Waals surface area (Å²) in [5.41, 5.74) is 0.881. The van der Waals surface area contributed by atoms with Crippen LogP contribution in [-0.4, -0.2) is 61.2 Å². The monoisotopic (exact) mass is 474 g/mol. The Morgan fingerprint density at radius 2 is 2.06 bits per heavy atom. The summed E-state index contributed by atoms with van der Waals surface area (Å²) in [6.07, 6.45) is 1.99. The molecular weight excluding hydrogens is 449 g/mol. The van der Waals surface area contributed by atoms with Crippen LogP contribution in [0, 0.1) is 17.8 Å². The average molecular weight is 474 g/mol. The number of H-pyrrole nitrogens is 1. The molecule has 1 saturated carbocycles. The fraction of sp³-hybridized carbons (Fsp3) is 0.435. The number of nitrogens with zero attached hydrogens (tertiary/aromatic N) is 5. The van der Waals surface area contributed by atoms with E-state index in [9.17, 15) is 18.0 Å². The molecule has 1 amide bonds. The van der Waals surface area contributed by atoms with Gasteiger partial charge < -0.3 is 19.2 Å². The van der Waals surface area contributed by atoms with Crippen LogP contribution >= 0.6 is 0 Å². The van der Waals surface area contributed by atoms with Gasteiger partial charge >= 0.3 is 6.36 Å². The van der Waals surface area contributed by atoms with Crippen molar-refractivity contribution in [2.24, 2.45) is 24.8 Å². The molecule has 3 aromatic rings. The molecule has 5 rings (SSSR count). The Morgan fingerprint density at radius 1 is 1.26 bits per heavy atom. The maximum atomic E-state index is 13.3. The summed E-state index contributed by atoms with van der Waals surface area (Å²) >= 11 is 0. The van der Waals surface area contributed by atoms with Crippen molar-refractivity contribution in [3.05, 3.63) is 66.3 Å². The van der Waals surface area contributed by atoms with Gasteiger partial charge in [-0.2, -0.15) is 0 Å². The van der Waals surface area contributed by atoms with Crippen molar-refractivity contribution < 1.29 is 22.7 Å². The topological polar surface area (TPSA) is 79.3 Å². The largest absolute Gasteiger partial charge is 0.573 e. The predicted octanol–water partition coefficient (Wildman–Crippen LogP) is 3.06. The van der Waals surface area contributed by atoms with Crippen LogP contribution in [0.3, 0.4) is 0 Å². The standard InChI is InChI=1S/C23H25F3N6O2/c1-30-12-20(29-14-30)22(33)32(8-15-3-2-4-16(7-15)34-23(24,25)26)11-19-17-9-31(10-18(17)19)13-21-27-5-6-28-21/h2-7,12,14,17-19H,8-11,13H2,1H3,(H,27,28). The SMILES string of the molecule is Cn1cnc(C(=O)N(Cc2cccc(OC(F)(F)F)c2)CC2C3CN(Cc4ncc[nH]4)CC32)c1. The van der Waals surface area contributed by atoms with Gasteiger partial charge in [0.25, 0.3) is 5.91 Å². The normalized spacial score (nSPS) is 21.9. The molecule has 1 aromatic carbocycles. The molecule has 0 spiro atoms. The van der Waals surface area contributed by atoms with Crippen molar-refractivity contribution in [3.8, 4) is 5.75 Å². The lowest BCUT2D eigenvalue weighted by molar-refractivity contribution is -0.274. The van der Waals surface area contributed by atoms with E-state index < -0.39 is 6.36 Å². The summed E-state index contributed by atoms with van der Waals surface area (Å²) in [6.45, 7) is 3.36. The average Bonchev–Trinajstić information content (AvgIpc) is 3.27. The van der Waals surface area contributed by atoms with Gasteiger partial charge in [-0.05, 0) is 35.4 Å². The van der Waals surface area contributed by atoms with Crippen LogP contribution in [0.2, 0.25) is 0 Å². The summed E-state index contributed by atoms with van der Waals surface area (Å²) < 4.78 is 43.7. The first kappa shape index (κ1) is 22.5. The molecule has 3 heterocycles. The van der Waals surface area contributed by atoms with E-state index in [1.165, 1.54) is 18.2 Å². The maximum Gasteiger partial charge on any atom is 0.573 e. The lowest BCUT2D eigenvalue weighted by atomic mass is 10.1. The summed E-state index contributed by atoms with van der Waals surface area (Å²) in [6, 6.07) is 5.77. The van der Waals surface area contributed by atoms with Gasteiger partial charge in [-0.3, -0.25) is 9.69 Å². The highest BCUT2D eigenvalue weighted by Gasteiger charge is 2.56. The number of alkyl halides is 3. The number of nitrogens with one attached hydrogen (secondary N) is 1. The summed E-state index contributed by atoms with van der Waals surface area (Å²) in [5.74, 6) is 1.75. The van der Waals surface area contributed by atoms with E-state index in [1.807, 2.05) is 6.20 Å². The lowest BCUT2D eigenvalue weighted by Crippen LogP contribution is -2.35. The number of amides is 1. The molecule has 2 unspecified atom stereocenters. The number of carbonyl (C=O) groups excluding carboxylic acids is 1. The Labute approximate surface area is 194 Å². The second-order valence-electron chi connectivity index (χ2n) is 9.03. The fourth-order valence-corrected chi connectivity index (χ4v) is 4.95. The first-order chi connectivity index (χ1) is 16.2. The van der Waals surface area contributed by atoms with E-state index in [0.29, 0.717) is 35.6 Å². The van der Waals surface area contributed by atoms with Crippen molar-refractivity contribution in [3.63, 3.8) is 0 Å². The minimum atomic E-state index is -4.77. The lowest BCUT2D eigenvalue weighted by Gasteiger charge is -2.25. The second kappa shape index (κ2) is 8.79. The number of rotatable bonds is 8. The first-order valence-corrected chi connectivity index (χ1v) is 11.1. The third-order valence-electron chi connectivity index (χ3n) is 6.52. The van der Waals surface area contributed by atoms with Crippen LogP contribution in [0.25, 0.3) is 0 Å². The number of aryl methyl sites for hydroxylation is 1. The number of benzene rings is 1. The summed E-state index contributed by atoms with van der Waals surface area (Å²) in [4.78, 5) is 28.9. The molecule has 2 fully saturated rings. The Balaban J connectivity index is 1.27. The molecular formula is C23H25F3N6O2. The molecule has 11 heteroatoms. The second-order valence-corrected chi connectivity index (χ2v) is 9.03. The van der Waals surface area contributed by atoms with Crippen LogP contribution in [0.1, 0.15) is 21.9 Å². The molecule has 180 valence electrons. The zero-order valence-electron chi connectivity index (χ0n) is 18.6. The van der Waals surface area contributed by atoms with Crippen molar-refractivity contribution in [2.45, 2.75) is 19.5 Å². The third kappa shape index (κ3) is 5.09. The van der Waals surface area contributed by atoms with Crippen LogP contribution in [-0.2, 0) is 20.1 Å². The number of aromatic amines is 1. The molecule has 2 atom stereocenters. The number of fused-ring (bicyclic) bond motifs is 1. The van der Waals surface area contributed by atoms with E-state index in [0.717, 1.165) is 25.5 Å². The van der Waals surface area contributed by atoms with Gasteiger partial charge in [0, 0.05) is 51.8 Å². The van der Waals surface area contributed by atoms with E-state index in [4.69, 9.17) is 0 Å². The molecule has 8 nitrogen and oxygen atoms in total. The van der Waals surface area contributed by atoms with Crippen LogP contribution in [0.15, 0.2) is 49.2 Å². The first-order valence-electron chi connectivity index (χ1n) is 11.1. The molecule has 2 aliphatic rings. The Hall–Kier alpha value is -3.34. The molecule has 1 N–H and O–H groups in total. The minimum absolute atomic E-state index is 0.177. The fourth-order valence-electron chi connectivity index (χ4n) is 4.95. The van der Waals surface area contributed by atoms with Crippen molar-refractivity contribution in [2.75, 3.05) is 19.6 Å². The van der Waals surface area contributed by atoms with Crippen LogP contribution in [0.4, 0.5) is 13.2 Å². The molecule has 0 bridgehead atoms. The van der Waals surface area contributed by atoms with Gasteiger partial charge in [0.05, 0.1) is 12.9 Å². The van der Waals surface area contributed by atoms with Crippen molar-refractivity contribution >= 4 is 5.91 Å². The highest BCUT2D eigenvalue weighted by atomic mass is 19.4. The van der Waals surface area contributed by atoms with E-state index in [-0.39, 0.29) is 18.2 Å². The van der Waals surface area contributed by atoms with E-state index >= 15 is 0 Å². The molecule has 34 heavy (non-hydrogen) atoms. The van der Waals surface area contributed by atoms with E-state index in [1.54, 1.807) is 41.3 Å². The van der Waals surface area contributed by atoms with Gasteiger partial charge in [-0.1, -0.05) is 12.1 Å². The summed E-state index contributed by atoms with van der Waals surface area (Å²) in [7, 11) is 1.78. The number of carbonyl (C=O) groups is 1. The van der Waals surface area contributed by atoms with Gasteiger partial charge in [0.1, 0.15) is 17.3 Å². The van der Waals surface area contributed by atoms with Gasteiger partial charge in [0.15, 0.2) is 0 Å². The highest BCUT2D eigenvalue weighted by Crippen LogP contribution is 2.52. The number of halogens is 3. The molecule has 0 radical (unpaired) electrons. The number of hydrogen-bond donors (Lipinski definition) is 1. The number of ether oxygens (including phenoxy) is 1. The number of hydrogen-bond acceptors (Lipinski definition) is 5. The minimum Gasteiger partial charge on any atom is -0.406 e. The summed E-state index contributed by atoms with van der Waals surface area (Å²) in [5, 5.41) is 0. The number of aromatic nitrogens is 4.